The van der Waals surface area contributed by atoms with E-state index in [1.807, 2.05) is 13.8 Å². The van der Waals surface area contributed by atoms with E-state index in [0.717, 1.165) is 0 Å². The summed E-state index contributed by atoms with van der Waals surface area (Å²) < 4.78 is 5.19. The molecule has 0 bridgehead atoms. The smallest absolute Gasteiger partial charge is 0.410 e. The highest BCUT2D eigenvalue weighted by atomic mass is 35.5. The second-order valence-corrected chi connectivity index (χ2v) is 5.41. The van der Waals surface area contributed by atoms with E-state index in [0.29, 0.717) is 23.7 Å². The SMILES string of the molecule is CC(C)N1CC(CNC(=O)c2ccc(Cl)cc2)OC1=O. The number of nitrogens with one attached hydrogen (secondary N) is 1. The van der Waals surface area contributed by atoms with Gasteiger partial charge in [0.05, 0.1) is 13.1 Å². The van der Waals surface area contributed by atoms with Gasteiger partial charge >= 0.3 is 6.09 Å². The van der Waals surface area contributed by atoms with Gasteiger partial charge in [0.25, 0.3) is 5.91 Å². The number of halogens is 1. The molecule has 108 valence electrons. The molecule has 0 spiro atoms. The molecule has 0 saturated carbocycles. The number of cyclic esters (lactones) is 1. The van der Waals surface area contributed by atoms with Crippen molar-refractivity contribution in [3.05, 3.63) is 34.9 Å². The van der Waals surface area contributed by atoms with Gasteiger partial charge in [-0.3, -0.25) is 4.79 Å². The molecule has 1 aromatic carbocycles. The molecule has 1 atom stereocenters. The fraction of sp³-hybridized carbons (Fsp3) is 0.429. The largest absolute Gasteiger partial charge is 0.442 e. The fourth-order valence-corrected chi connectivity index (χ4v) is 2.11. The third-order valence-electron chi connectivity index (χ3n) is 3.12. The molecule has 1 fully saturated rings. The van der Waals surface area contributed by atoms with Crippen LogP contribution >= 0.6 is 11.6 Å². The van der Waals surface area contributed by atoms with Gasteiger partial charge in [0.15, 0.2) is 0 Å². The summed E-state index contributed by atoms with van der Waals surface area (Å²) in [4.78, 5) is 25.1. The highest BCUT2D eigenvalue weighted by Gasteiger charge is 2.32. The first kappa shape index (κ1) is 14.7. The lowest BCUT2D eigenvalue weighted by Gasteiger charge is -2.16. The van der Waals surface area contributed by atoms with E-state index in [-0.39, 0.29) is 24.1 Å². The van der Waals surface area contributed by atoms with E-state index in [2.05, 4.69) is 5.32 Å². The minimum Gasteiger partial charge on any atom is -0.442 e. The van der Waals surface area contributed by atoms with E-state index in [1.165, 1.54) is 0 Å². The summed E-state index contributed by atoms with van der Waals surface area (Å²) in [7, 11) is 0. The Balaban J connectivity index is 1.85. The zero-order chi connectivity index (χ0) is 14.7. The zero-order valence-corrected chi connectivity index (χ0v) is 12.2. The van der Waals surface area contributed by atoms with Crippen LogP contribution in [0.4, 0.5) is 4.79 Å². The van der Waals surface area contributed by atoms with Crippen LogP contribution in [-0.4, -0.2) is 42.1 Å². The number of benzene rings is 1. The number of ether oxygens (including phenoxy) is 1. The van der Waals surface area contributed by atoms with E-state index >= 15 is 0 Å². The van der Waals surface area contributed by atoms with Crippen LogP contribution in [0.3, 0.4) is 0 Å². The van der Waals surface area contributed by atoms with Gasteiger partial charge in [0.2, 0.25) is 0 Å². The molecule has 0 aliphatic carbocycles. The molecule has 0 aromatic heterocycles. The van der Waals surface area contributed by atoms with Crippen molar-refractivity contribution in [2.45, 2.75) is 26.0 Å². The average Bonchev–Trinajstić information content (AvgIpc) is 2.78. The second-order valence-electron chi connectivity index (χ2n) is 4.97. The summed E-state index contributed by atoms with van der Waals surface area (Å²) in [6, 6.07) is 6.72. The lowest BCUT2D eigenvalue weighted by molar-refractivity contribution is 0.0914. The van der Waals surface area contributed by atoms with Gasteiger partial charge in [0, 0.05) is 16.6 Å². The first-order valence-corrected chi connectivity index (χ1v) is 6.86. The van der Waals surface area contributed by atoms with Crippen LogP contribution < -0.4 is 5.32 Å². The summed E-state index contributed by atoms with van der Waals surface area (Å²) >= 11 is 5.76. The third-order valence-corrected chi connectivity index (χ3v) is 3.37. The molecule has 6 heteroatoms. The summed E-state index contributed by atoms with van der Waals surface area (Å²) in [6.07, 6.45) is -0.633. The van der Waals surface area contributed by atoms with Crippen LogP contribution in [0.5, 0.6) is 0 Å². The lowest BCUT2D eigenvalue weighted by Crippen LogP contribution is -2.36. The topological polar surface area (TPSA) is 58.6 Å². The van der Waals surface area contributed by atoms with Crippen molar-refractivity contribution in [2.75, 3.05) is 13.1 Å². The van der Waals surface area contributed by atoms with Crippen molar-refractivity contribution < 1.29 is 14.3 Å². The van der Waals surface area contributed by atoms with Crippen LogP contribution in [-0.2, 0) is 4.74 Å². The minimum absolute atomic E-state index is 0.0967. The first-order valence-electron chi connectivity index (χ1n) is 6.48. The van der Waals surface area contributed by atoms with Crippen LogP contribution in [0.1, 0.15) is 24.2 Å². The standard InChI is InChI=1S/C14H17ClN2O3/c1-9(2)17-8-12(20-14(17)19)7-16-13(18)10-3-5-11(15)6-4-10/h3-6,9,12H,7-8H2,1-2H3,(H,16,18). The molecule has 1 heterocycles. The Morgan fingerprint density at radius 2 is 2.10 bits per heavy atom. The van der Waals surface area contributed by atoms with Crippen LogP contribution in [0.2, 0.25) is 5.02 Å². The van der Waals surface area contributed by atoms with Gasteiger partial charge in [-0.25, -0.2) is 4.79 Å². The Hall–Kier alpha value is -1.75. The number of amides is 2. The number of nitrogens with zero attached hydrogens (tertiary/aromatic N) is 1. The monoisotopic (exact) mass is 296 g/mol. The Kier molecular flexibility index (Phi) is 4.49. The van der Waals surface area contributed by atoms with E-state index in [1.54, 1.807) is 29.2 Å². The molecular weight excluding hydrogens is 280 g/mol. The number of hydrogen-bond acceptors (Lipinski definition) is 3. The summed E-state index contributed by atoms with van der Waals surface area (Å²) in [5.41, 5.74) is 0.527. The Bertz CT molecular complexity index is 502. The minimum atomic E-state index is -0.328. The number of rotatable bonds is 4. The molecule has 1 aromatic rings. The molecule has 0 radical (unpaired) electrons. The maximum absolute atomic E-state index is 11.9. The van der Waals surface area contributed by atoms with Gasteiger partial charge in [-0.2, -0.15) is 0 Å². The molecule has 1 aliphatic heterocycles. The van der Waals surface area contributed by atoms with Crippen molar-refractivity contribution in [3.8, 4) is 0 Å². The summed E-state index contributed by atoms with van der Waals surface area (Å²) in [5, 5.41) is 3.34. The van der Waals surface area contributed by atoms with Crippen LogP contribution in [0.15, 0.2) is 24.3 Å². The van der Waals surface area contributed by atoms with Crippen LogP contribution in [0, 0.1) is 0 Å². The molecular formula is C14H17ClN2O3. The van der Waals surface area contributed by atoms with Gasteiger partial charge in [0.1, 0.15) is 6.10 Å². The zero-order valence-electron chi connectivity index (χ0n) is 11.4. The Morgan fingerprint density at radius 3 is 2.65 bits per heavy atom. The highest BCUT2D eigenvalue weighted by Crippen LogP contribution is 2.14. The van der Waals surface area contributed by atoms with E-state index in [9.17, 15) is 9.59 Å². The Morgan fingerprint density at radius 1 is 1.45 bits per heavy atom. The Labute approximate surface area is 122 Å². The second kappa shape index (κ2) is 6.13. The molecule has 2 amide bonds. The molecule has 1 unspecified atom stereocenters. The summed E-state index contributed by atoms with van der Waals surface area (Å²) in [6.45, 7) is 4.65. The predicted octanol–water partition coefficient (Wildman–Crippen LogP) is 2.30. The van der Waals surface area contributed by atoms with Gasteiger partial charge in [-0.1, -0.05) is 11.6 Å². The highest BCUT2D eigenvalue weighted by molar-refractivity contribution is 6.30. The molecule has 1 saturated heterocycles. The average molecular weight is 297 g/mol. The summed E-state index contributed by atoms with van der Waals surface area (Å²) in [5.74, 6) is -0.208. The predicted molar refractivity (Wildman–Crippen MR) is 75.9 cm³/mol. The van der Waals surface area contributed by atoms with E-state index < -0.39 is 0 Å². The van der Waals surface area contributed by atoms with Crippen molar-refractivity contribution in [2.24, 2.45) is 0 Å². The number of hydrogen-bond donors (Lipinski definition) is 1. The van der Waals surface area contributed by atoms with Gasteiger partial charge < -0.3 is 15.0 Å². The fourth-order valence-electron chi connectivity index (χ4n) is 1.98. The quantitative estimate of drug-likeness (QED) is 0.927. The van der Waals surface area contributed by atoms with Gasteiger partial charge in [-0.15, -0.1) is 0 Å². The maximum atomic E-state index is 11.9. The normalized spacial score (nSPS) is 18.3. The molecule has 20 heavy (non-hydrogen) atoms. The number of carbonyl (C=O) groups excluding carboxylic acids is 2. The van der Waals surface area contributed by atoms with Crippen LogP contribution in [0.25, 0.3) is 0 Å². The number of carbonyl (C=O) groups is 2. The lowest BCUT2D eigenvalue weighted by atomic mass is 10.2. The van der Waals surface area contributed by atoms with E-state index in [4.69, 9.17) is 16.3 Å². The molecule has 1 aliphatic rings. The van der Waals surface area contributed by atoms with Crippen molar-refractivity contribution in [3.63, 3.8) is 0 Å². The first-order chi connectivity index (χ1) is 9.47. The van der Waals surface area contributed by atoms with Crippen molar-refractivity contribution in [1.29, 1.82) is 0 Å². The maximum Gasteiger partial charge on any atom is 0.410 e. The third kappa shape index (κ3) is 3.42. The van der Waals surface area contributed by atoms with Crippen molar-refractivity contribution in [1.82, 2.24) is 10.2 Å². The van der Waals surface area contributed by atoms with Crippen molar-refractivity contribution >= 4 is 23.6 Å². The molecule has 5 nitrogen and oxygen atoms in total. The molecule has 2 rings (SSSR count). The van der Waals surface area contributed by atoms with Gasteiger partial charge in [-0.05, 0) is 38.1 Å². The molecule has 1 N–H and O–H groups in total.